The number of carbonyl (C=O) groups excluding carboxylic acids is 1. The summed E-state index contributed by atoms with van der Waals surface area (Å²) in [6, 6.07) is 11.6. The lowest BCUT2D eigenvalue weighted by atomic mass is 9.97. The lowest BCUT2D eigenvalue weighted by molar-refractivity contribution is -0.871. The summed E-state index contributed by atoms with van der Waals surface area (Å²) in [6.45, 7) is 7.75. The molecule has 1 saturated heterocycles. The molecule has 0 N–H and O–H groups in total. The molecule has 1 amide bonds. The number of methoxy groups -OCH3 is 2. The number of fused-ring (bicyclic) bond motifs is 1. The zero-order chi connectivity index (χ0) is 27.5. The van der Waals surface area contributed by atoms with Crippen LogP contribution in [-0.2, 0) is 20.8 Å². The SMILES string of the molecule is CCN1CCN(c2cccc3c2C[N+](C)([C@H](CCCOS(C)(=O)=O)c2ccc(OC)c(OC)c2)C3=O)CC1. The molecule has 0 radical (unpaired) electrons. The average molecular weight is 547 g/mol. The van der Waals surface area contributed by atoms with Crippen molar-refractivity contribution in [1.82, 2.24) is 4.90 Å². The Balaban J connectivity index is 1.67. The highest BCUT2D eigenvalue weighted by molar-refractivity contribution is 7.85. The number of ether oxygens (including phenoxy) is 2. The largest absolute Gasteiger partial charge is 0.493 e. The van der Waals surface area contributed by atoms with Gasteiger partial charge in [-0.15, -0.1) is 0 Å². The van der Waals surface area contributed by atoms with Gasteiger partial charge in [0.2, 0.25) is 0 Å². The maximum Gasteiger partial charge on any atom is 0.347 e. The number of hydrogen-bond acceptors (Lipinski definition) is 8. The van der Waals surface area contributed by atoms with Gasteiger partial charge in [-0.25, -0.2) is 9.28 Å². The molecule has 0 bridgehead atoms. The van der Waals surface area contributed by atoms with Gasteiger partial charge in [-0.2, -0.15) is 8.42 Å². The van der Waals surface area contributed by atoms with Gasteiger partial charge in [-0.1, -0.05) is 13.0 Å². The number of amides is 1. The van der Waals surface area contributed by atoms with E-state index in [0.29, 0.717) is 30.9 Å². The summed E-state index contributed by atoms with van der Waals surface area (Å²) in [5.74, 6) is 1.27. The van der Waals surface area contributed by atoms with Gasteiger partial charge in [0.05, 0.1) is 39.7 Å². The molecule has 0 aromatic heterocycles. The van der Waals surface area contributed by atoms with Crippen molar-refractivity contribution in [2.24, 2.45) is 0 Å². The molecule has 2 aromatic rings. The summed E-state index contributed by atoms with van der Waals surface area (Å²) in [5, 5.41) is 0. The van der Waals surface area contributed by atoms with E-state index in [9.17, 15) is 13.2 Å². The summed E-state index contributed by atoms with van der Waals surface area (Å²) in [7, 11) is 1.63. The molecular formula is C28H40N3O6S+. The number of rotatable bonds is 11. The number of quaternary nitrogens is 1. The Morgan fingerprint density at radius 1 is 1.03 bits per heavy atom. The number of hydrogen-bond donors (Lipinski definition) is 0. The van der Waals surface area contributed by atoms with Crippen LogP contribution in [0.1, 0.15) is 47.3 Å². The van der Waals surface area contributed by atoms with Crippen LogP contribution in [0.2, 0.25) is 0 Å². The Kier molecular flexibility index (Phi) is 8.66. The normalized spacial score (nSPS) is 20.9. The fourth-order valence-electron chi connectivity index (χ4n) is 5.80. The molecule has 1 unspecified atom stereocenters. The lowest BCUT2D eigenvalue weighted by Gasteiger charge is -2.37. The van der Waals surface area contributed by atoms with Crippen molar-refractivity contribution in [3.8, 4) is 11.5 Å². The fraction of sp³-hybridized carbons (Fsp3) is 0.536. The second-order valence-electron chi connectivity index (χ2n) is 10.3. The first-order chi connectivity index (χ1) is 18.1. The van der Waals surface area contributed by atoms with Crippen molar-refractivity contribution < 1.29 is 31.4 Å². The van der Waals surface area contributed by atoms with Crippen LogP contribution in [-0.4, -0.2) is 90.6 Å². The molecule has 9 nitrogen and oxygen atoms in total. The molecule has 2 aromatic carbocycles. The van der Waals surface area contributed by atoms with Crippen molar-refractivity contribution in [1.29, 1.82) is 0 Å². The quantitative estimate of drug-likeness (QED) is 0.241. The summed E-state index contributed by atoms with van der Waals surface area (Å²) in [5.41, 5.74) is 3.92. The minimum atomic E-state index is -3.54. The Morgan fingerprint density at radius 3 is 2.37 bits per heavy atom. The third-order valence-electron chi connectivity index (χ3n) is 7.89. The summed E-state index contributed by atoms with van der Waals surface area (Å²) >= 11 is 0. The third-order valence-corrected chi connectivity index (χ3v) is 8.49. The zero-order valence-corrected chi connectivity index (χ0v) is 23.9. The van der Waals surface area contributed by atoms with Gasteiger partial charge in [-0.3, -0.25) is 4.18 Å². The van der Waals surface area contributed by atoms with Gasteiger partial charge in [0.15, 0.2) is 11.5 Å². The van der Waals surface area contributed by atoms with E-state index in [2.05, 4.69) is 22.8 Å². The van der Waals surface area contributed by atoms with Crippen molar-refractivity contribution >= 4 is 21.7 Å². The molecule has 0 saturated carbocycles. The van der Waals surface area contributed by atoms with Crippen molar-refractivity contribution in [3.63, 3.8) is 0 Å². The van der Waals surface area contributed by atoms with Crippen LogP contribution in [0.15, 0.2) is 36.4 Å². The lowest BCUT2D eigenvalue weighted by Crippen LogP contribution is -2.48. The molecule has 2 aliphatic rings. The smallest absolute Gasteiger partial charge is 0.347 e. The van der Waals surface area contributed by atoms with Gasteiger partial charge in [0.1, 0.15) is 12.6 Å². The molecule has 10 heteroatoms. The number of nitrogens with zero attached hydrogens (tertiary/aromatic N) is 3. The highest BCUT2D eigenvalue weighted by Gasteiger charge is 2.49. The Bertz CT molecular complexity index is 1260. The van der Waals surface area contributed by atoms with Crippen LogP contribution in [0.5, 0.6) is 11.5 Å². The molecule has 38 heavy (non-hydrogen) atoms. The zero-order valence-electron chi connectivity index (χ0n) is 23.1. The summed E-state index contributed by atoms with van der Waals surface area (Å²) in [6.07, 6.45) is 2.09. The predicted molar refractivity (Wildman–Crippen MR) is 147 cm³/mol. The molecule has 4 rings (SSSR count). The van der Waals surface area contributed by atoms with Crippen molar-refractivity contribution in [2.75, 3.05) is 71.8 Å². The Hall–Kier alpha value is -2.66. The first-order valence-corrected chi connectivity index (χ1v) is 15.0. The Morgan fingerprint density at radius 2 is 1.74 bits per heavy atom. The summed E-state index contributed by atoms with van der Waals surface area (Å²) < 4.78 is 39.2. The first kappa shape index (κ1) is 28.4. The van der Waals surface area contributed by atoms with Crippen LogP contribution in [0.4, 0.5) is 5.69 Å². The van der Waals surface area contributed by atoms with Crippen LogP contribution >= 0.6 is 0 Å². The molecule has 0 spiro atoms. The standard InChI is InChI=1S/C28H40N3O6S/c1-6-29-14-16-30(17-15-29)24-10-7-9-22-23(24)20-31(2,28(22)32)25(11-8-18-37-38(5,33)34)21-12-13-26(35-3)27(19-21)36-4/h7,9-10,12-13,19,25H,6,8,11,14-18,20H2,1-5H3/q+1/t25-,31?/m1/s1. The predicted octanol–water partition coefficient (Wildman–Crippen LogP) is 3.44. The second kappa shape index (κ2) is 11.6. The fourth-order valence-corrected chi connectivity index (χ4v) is 6.22. The van der Waals surface area contributed by atoms with E-state index in [1.54, 1.807) is 14.2 Å². The van der Waals surface area contributed by atoms with E-state index in [-0.39, 0.29) is 23.0 Å². The molecule has 2 aliphatic heterocycles. The minimum Gasteiger partial charge on any atom is -0.493 e. The summed E-state index contributed by atoms with van der Waals surface area (Å²) in [4.78, 5) is 18.9. The van der Waals surface area contributed by atoms with Gasteiger partial charge in [0.25, 0.3) is 10.1 Å². The number of anilines is 1. The van der Waals surface area contributed by atoms with E-state index in [0.717, 1.165) is 61.4 Å². The first-order valence-electron chi connectivity index (χ1n) is 13.2. The molecule has 0 aliphatic carbocycles. The maximum absolute atomic E-state index is 14.1. The van der Waals surface area contributed by atoms with E-state index in [1.165, 1.54) is 0 Å². The van der Waals surface area contributed by atoms with Crippen LogP contribution in [0.25, 0.3) is 0 Å². The molecular weight excluding hydrogens is 506 g/mol. The highest BCUT2D eigenvalue weighted by atomic mass is 32.2. The topological polar surface area (TPSA) is 85.4 Å². The molecule has 1 fully saturated rings. The average Bonchev–Trinajstić information content (AvgIpc) is 3.18. The van der Waals surface area contributed by atoms with E-state index < -0.39 is 10.1 Å². The van der Waals surface area contributed by atoms with E-state index >= 15 is 0 Å². The number of benzene rings is 2. The molecule has 2 atom stereocenters. The minimum absolute atomic E-state index is 0.0662. The second-order valence-corrected chi connectivity index (χ2v) is 11.9. The van der Waals surface area contributed by atoms with Crippen LogP contribution in [0.3, 0.4) is 0 Å². The van der Waals surface area contributed by atoms with E-state index in [1.807, 2.05) is 37.4 Å². The third kappa shape index (κ3) is 5.83. The van der Waals surface area contributed by atoms with Gasteiger partial charge >= 0.3 is 5.91 Å². The molecule has 2 heterocycles. The van der Waals surface area contributed by atoms with Crippen LogP contribution in [0, 0.1) is 0 Å². The van der Waals surface area contributed by atoms with Gasteiger partial charge in [-0.05, 0) is 43.3 Å². The van der Waals surface area contributed by atoms with Crippen molar-refractivity contribution in [2.45, 2.75) is 32.4 Å². The number of likely N-dealkylation sites (N-methyl/N-ethyl adjacent to an activating group) is 1. The highest BCUT2D eigenvalue weighted by Crippen LogP contribution is 2.44. The molecule has 208 valence electrons. The van der Waals surface area contributed by atoms with Gasteiger partial charge < -0.3 is 19.3 Å². The van der Waals surface area contributed by atoms with Gasteiger partial charge in [0, 0.05) is 49.4 Å². The van der Waals surface area contributed by atoms with E-state index in [4.69, 9.17) is 13.7 Å². The Labute approximate surface area is 226 Å². The maximum atomic E-state index is 14.1. The number of carbonyl (C=O) groups is 1. The monoisotopic (exact) mass is 546 g/mol. The van der Waals surface area contributed by atoms with Crippen molar-refractivity contribution in [3.05, 3.63) is 53.1 Å². The van der Waals surface area contributed by atoms with Crippen LogP contribution < -0.4 is 14.4 Å². The number of piperazine rings is 1.